The van der Waals surface area contributed by atoms with Gasteiger partial charge in [-0.2, -0.15) is 0 Å². The summed E-state index contributed by atoms with van der Waals surface area (Å²) in [6.07, 6.45) is -6.50. The molecule has 0 aliphatic carbocycles. The van der Waals surface area contributed by atoms with Gasteiger partial charge < -0.3 is 29.9 Å². The predicted octanol–water partition coefficient (Wildman–Crippen LogP) is -1.69. The molecule has 0 spiro atoms. The average Bonchev–Trinajstić information content (AvgIpc) is 2.47. The first kappa shape index (κ1) is 19.7. The van der Waals surface area contributed by atoms with E-state index >= 15 is 0 Å². The first-order valence-corrected chi connectivity index (χ1v) is 7.73. The van der Waals surface area contributed by atoms with Crippen LogP contribution in [0.15, 0.2) is 0 Å². The van der Waals surface area contributed by atoms with Gasteiger partial charge in [0.1, 0.15) is 35.6 Å². The van der Waals surface area contributed by atoms with E-state index in [0.717, 1.165) is 0 Å². The number of carbonyl (C=O) groups is 2. The molecule has 0 bridgehead atoms. The smallest absolute Gasteiger partial charge is 0.317 e. The summed E-state index contributed by atoms with van der Waals surface area (Å²) < 4.78 is 9.48. The molecule has 0 aliphatic heterocycles. The number of aliphatic hydroxyl groups is 4. The van der Waals surface area contributed by atoms with Gasteiger partial charge in [-0.3, -0.25) is 9.59 Å². The van der Waals surface area contributed by atoms with Crippen molar-refractivity contribution in [2.75, 3.05) is 23.9 Å². The Labute approximate surface area is 131 Å². The molecule has 4 atom stereocenters. The number of aliphatic hydroxyl groups excluding tert-OH is 4. The molecule has 0 aromatic rings. The molecule has 0 rings (SSSR count). The van der Waals surface area contributed by atoms with Gasteiger partial charge in [-0.25, -0.2) is 0 Å². The first-order valence-electron chi connectivity index (χ1n) is 5.49. The Morgan fingerprint density at radius 3 is 2.00 bits per heavy atom. The summed E-state index contributed by atoms with van der Waals surface area (Å²) in [5, 5.41) is 37.0. The van der Waals surface area contributed by atoms with Crippen LogP contribution in [0.25, 0.3) is 0 Å². The van der Waals surface area contributed by atoms with Crippen LogP contribution in [0.3, 0.4) is 0 Å². The Bertz CT molecular complexity index is 314. The molecule has 0 heterocycles. The lowest BCUT2D eigenvalue weighted by molar-refractivity contribution is -0.174. The van der Waals surface area contributed by atoms with E-state index in [1.807, 2.05) is 0 Å². The molecule has 118 valence electrons. The van der Waals surface area contributed by atoms with Crippen LogP contribution >= 0.6 is 31.9 Å². The fourth-order valence-corrected chi connectivity index (χ4v) is 1.47. The second-order valence-corrected chi connectivity index (χ2v) is 4.83. The second-order valence-electron chi connectivity index (χ2n) is 3.71. The lowest BCUT2D eigenvalue weighted by Gasteiger charge is -2.28. The van der Waals surface area contributed by atoms with Crippen molar-refractivity contribution < 1.29 is 39.5 Å². The van der Waals surface area contributed by atoms with E-state index in [1.54, 1.807) is 0 Å². The number of esters is 2. The zero-order valence-electron chi connectivity index (χ0n) is 10.3. The zero-order chi connectivity index (χ0) is 15.7. The highest BCUT2D eigenvalue weighted by Gasteiger charge is 2.34. The molecule has 0 amide bonds. The van der Waals surface area contributed by atoms with E-state index in [9.17, 15) is 24.9 Å². The van der Waals surface area contributed by atoms with Crippen molar-refractivity contribution in [3.05, 3.63) is 0 Å². The molecular formula is C10H16Br2O8. The average molecular weight is 424 g/mol. The van der Waals surface area contributed by atoms with E-state index in [-0.39, 0.29) is 10.7 Å². The SMILES string of the molecule is O=C(CBr)OCC(OC(=O)CBr)C(O)C(O)C(O)CO. The molecule has 0 radical (unpaired) electrons. The van der Waals surface area contributed by atoms with Crippen molar-refractivity contribution in [3.8, 4) is 0 Å². The predicted molar refractivity (Wildman–Crippen MR) is 73.5 cm³/mol. The quantitative estimate of drug-likeness (QED) is 0.255. The summed E-state index contributed by atoms with van der Waals surface area (Å²) in [5.74, 6) is -1.41. The van der Waals surface area contributed by atoms with Gasteiger partial charge >= 0.3 is 11.9 Å². The van der Waals surface area contributed by atoms with E-state index in [4.69, 9.17) is 9.84 Å². The number of rotatable bonds is 9. The van der Waals surface area contributed by atoms with E-state index < -0.39 is 49.6 Å². The molecular weight excluding hydrogens is 408 g/mol. The standard InChI is InChI=1S/C10H16Br2O8/c11-1-7(15)19-4-6(20-8(16)2-12)10(18)9(17)5(14)3-13/h5-6,9-10,13-14,17-18H,1-4H2. The van der Waals surface area contributed by atoms with Gasteiger partial charge in [0.25, 0.3) is 0 Å². The number of carbonyl (C=O) groups excluding carboxylic acids is 2. The Hall–Kier alpha value is -0.260. The highest BCUT2D eigenvalue weighted by molar-refractivity contribution is 9.09. The van der Waals surface area contributed by atoms with Crippen molar-refractivity contribution in [3.63, 3.8) is 0 Å². The number of halogens is 2. The van der Waals surface area contributed by atoms with Crippen LogP contribution < -0.4 is 0 Å². The molecule has 4 unspecified atom stereocenters. The largest absolute Gasteiger partial charge is 0.461 e. The van der Waals surface area contributed by atoms with Crippen LogP contribution in [0.1, 0.15) is 0 Å². The van der Waals surface area contributed by atoms with E-state index in [2.05, 4.69) is 36.6 Å². The zero-order valence-corrected chi connectivity index (χ0v) is 13.5. The van der Waals surface area contributed by atoms with Crippen molar-refractivity contribution in [1.82, 2.24) is 0 Å². The molecule has 0 saturated carbocycles. The lowest BCUT2D eigenvalue weighted by atomic mass is 10.0. The van der Waals surface area contributed by atoms with Crippen LogP contribution in [0.4, 0.5) is 0 Å². The molecule has 0 aromatic heterocycles. The molecule has 0 aromatic carbocycles. The van der Waals surface area contributed by atoms with Gasteiger partial charge in [-0.15, -0.1) is 0 Å². The minimum atomic E-state index is -1.77. The molecule has 10 heteroatoms. The van der Waals surface area contributed by atoms with Crippen LogP contribution in [0.2, 0.25) is 0 Å². The van der Waals surface area contributed by atoms with Gasteiger partial charge in [-0.05, 0) is 0 Å². The Kier molecular flexibility index (Phi) is 10.3. The van der Waals surface area contributed by atoms with Crippen LogP contribution in [0, 0.1) is 0 Å². The van der Waals surface area contributed by atoms with Crippen LogP contribution in [-0.4, -0.2) is 80.7 Å². The second kappa shape index (κ2) is 10.5. The maximum atomic E-state index is 11.2. The summed E-state index contributed by atoms with van der Waals surface area (Å²) in [5.41, 5.74) is 0. The Morgan fingerprint density at radius 1 is 1.00 bits per heavy atom. The van der Waals surface area contributed by atoms with Gasteiger partial charge in [0.15, 0.2) is 6.10 Å². The fourth-order valence-electron chi connectivity index (χ4n) is 1.17. The summed E-state index contributed by atoms with van der Waals surface area (Å²) >= 11 is 5.70. The molecule has 0 fully saturated rings. The van der Waals surface area contributed by atoms with Gasteiger partial charge in [-0.1, -0.05) is 31.9 Å². The highest BCUT2D eigenvalue weighted by atomic mass is 79.9. The highest BCUT2D eigenvalue weighted by Crippen LogP contribution is 2.10. The van der Waals surface area contributed by atoms with E-state index in [0.29, 0.717) is 0 Å². The van der Waals surface area contributed by atoms with Crippen LogP contribution in [-0.2, 0) is 19.1 Å². The summed E-state index contributed by atoms with van der Waals surface area (Å²) in [6, 6.07) is 0. The van der Waals surface area contributed by atoms with Crippen molar-refractivity contribution in [2.45, 2.75) is 24.4 Å². The molecule has 4 N–H and O–H groups in total. The van der Waals surface area contributed by atoms with E-state index in [1.165, 1.54) is 0 Å². The molecule has 0 aliphatic rings. The number of ether oxygens (including phenoxy) is 2. The third-order valence-corrected chi connectivity index (χ3v) is 3.14. The normalized spacial score (nSPS) is 16.9. The fraction of sp³-hybridized carbons (Fsp3) is 0.800. The molecule has 0 saturated heterocycles. The Balaban J connectivity index is 4.72. The van der Waals surface area contributed by atoms with Crippen molar-refractivity contribution in [1.29, 1.82) is 0 Å². The van der Waals surface area contributed by atoms with Gasteiger partial charge in [0, 0.05) is 0 Å². The van der Waals surface area contributed by atoms with Crippen LogP contribution in [0.5, 0.6) is 0 Å². The maximum Gasteiger partial charge on any atom is 0.317 e. The number of hydrogen-bond acceptors (Lipinski definition) is 8. The summed E-state index contributed by atoms with van der Waals surface area (Å²) in [6.45, 7) is -1.29. The van der Waals surface area contributed by atoms with Gasteiger partial charge in [0.2, 0.25) is 0 Å². The van der Waals surface area contributed by atoms with Crippen molar-refractivity contribution in [2.24, 2.45) is 0 Å². The molecule has 20 heavy (non-hydrogen) atoms. The number of hydrogen-bond donors (Lipinski definition) is 4. The maximum absolute atomic E-state index is 11.2. The molecule has 8 nitrogen and oxygen atoms in total. The summed E-state index contributed by atoms with van der Waals surface area (Å²) in [4.78, 5) is 22.2. The summed E-state index contributed by atoms with van der Waals surface area (Å²) in [7, 11) is 0. The third kappa shape index (κ3) is 6.95. The minimum Gasteiger partial charge on any atom is -0.461 e. The first-order chi connectivity index (χ1) is 9.37. The third-order valence-electron chi connectivity index (χ3n) is 2.22. The minimum absolute atomic E-state index is 0.0932. The Morgan fingerprint density at radius 2 is 1.55 bits per heavy atom. The monoisotopic (exact) mass is 422 g/mol. The lowest BCUT2D eigenvalue weighted by Crippen LogP contribution is -2.49. The van der Waals surface area contributed by atoms with Crippen molar-refractivity contribution >= 4 is 43.8 Å². The van der Waals surface area contributed by atoms with Gasteiger partial charge in [0.05, 0.1) is 6.61 Å². The number of alkyl halides is 2. The topological polar surface area (TPSA) is 134 Å².